The SMILES string of the molecule is CC#CCC(NCC)c1sc(C)nc1C. The summed E-state index contributed by atoms with van der Waals surface area (Å²) in [6.45, 7) is 9.09. The first kappa shape index (κ1) is 12.2. The van der Waals surface area contributed by atoms with Crippen LogP contribution < -0.4 is 5.32 Å². The Kier molecular flexibility index (Phi) is 4.80. The van der Waals surface area contributed by atoms with Gasteiger partial charge >= 0.3 is 0 Å². The number of nitrogens with zero attached hydrogens (tertiary/aromatic N) is 1. The topological polar surface area (TPSA) is 24.9 Å². The Labute approximate surface area is 96.1 Å². The van der Waals surface area contributed by atoms with Gasteiger partial charge in [0, 0.05) is 11.3 Å². The summed E-state index contributed by atoms with van der Waals surface area (Å²) in [6.07, 6.45) is 0.868. The monoisotopic (exact) mass is 222 g/mol. The quantitative estimate of drug-likeness (QED) is 0.792. The highest BCUT2D eigenvalue weighted by Gasteiger charge is 2.15. The maximum Gasteiger partial charge on any atom is 0.0900 e. The normalized spacial score (nSPS) is 12.0. The third kappa shape index (κ3) is 3.33. The lowest BCUT2D eigenvalue weighted by Gasteiger charge is -2.13. The minimum Gasteiger partial charge on any atom is -0.309 e. The van der Waals surface area contributed by atoms with E-state index in [2.05, 4.69) is 42.9 Å². The molecule has 1 heterocycles. The Hall–Kier alpha value is -0.850. The molecule has 0 bridgehead atoms. The largest absolute Gasteiger partial charge is 0.309 e. The predicted octanol–water partition coefficient (Wildman–Crippen LogP) is 2.82. The van der Waals surface area contributed by atoms with Crippen molar-refractivity contribution in [2.24, 2.45) is 0 Å². The van der Waals surface area contributed by atoms with Gasteiger partial charge in [-0.05, 0) is 27.3 Å². The lowest BCUT2D eigenvalue weighted by Crippen LogP contribution is -2.20. The molecule has 1 aromatic heterocycles. The summed E-state index contributed by atoms with van der Waals surface area (Å²) in [6, 6.07) is 0.341. The molecule has 0 aliphatic rings. The lowest BCUT2D eigenvalue weighted by atomic mass is 10.1. The first-order valence-corrected chi connectivity index (χ1v) is 6.07. The van der Waals surface area contributed by atoms with Crippen LogP contribution in [0.1, 0.15) is 41.9 Å². The maximum absolute atomic E-state index is 4.45. The van der Waals surface area contributed by atoms with E-state index in [0.29, 0.717) is 6.04 Å². The van der Waals surface area contributed by atoms with Crippen molar-refractivity contribution in [1.82, 2.24) is 10.3 Å². The highest BCUT2D eigenvalue weighted by molar-refractivity contribution is 7.11. The summed E-state index contributed by atoms with van der Waals surface area (Å²) in [5.41, 5.74) is 1.14. The van der Waals surface area contributed by atoms with Crippen LogP contribution in [0.2, 0.25) is 0 Å². The molecule has 0 aromatic carbocycles. The molecule has 0 aliphatic carbocycles. The van der Waals surface area contributed by atoms with Gasteiger partial charge < -0.3 is 5.32 Å². The van der Waals surface area contributed by atoms with Crippen LogP contribution in [0.3, 0.4) is 0 Å². The van der Waals surface area contributed by atoms with Crippen LogP contribution in [0.4, 0.5) is 0 Å². The van der Waals surface area contributed by atoms with Crippen LogP contribution in [0.15, 0.2) is 0 Å². The molecule has 3 heteroatoms. The number of rotatable bonds is 4. The van der Waals surface area contributed by atoms with Gasteiger partial charge in [0.25, 0.3) is 0 Å². The third-order valence-corrected chi connectivity index (χ3v) is 3.38. The number of aromatic nitrogens is 1. The average molecular weight is 222 g/mol. The lowest BCUT2D eigenvalue weighted by molar-refractivity contribution is 0.570. The van der Waals surface area contributed by atoms with Gasteiger partial charge in [-0.1, -0.05) is 6.92 Å². The van der Waals surface area contributed by atoms with Crippen LogP contribution in [-0.2, 0) is 0 Å². The fourth-order valence-corrected chi connectivity index (χ4v) is 2.58. The maximum atomic E-state index is 4.45. The van der Waals surface area contributed by atoms with Crippen molar-refractivity contribution in [3.05, 3.63) is 15.6 Å². The van der Waals surface area contributed by atoms with Crippen molar-refractivity contribution in [2.45, 2.75) is 40.2 Å². The number of hydrogen-bond donors (Lipinski definition) is 1. The van der Waals surface area contributed by atoms with Crippen LogP contribution in [0, 0.1) is 25.7 Å². The first-order chi connectivity index (χ1) is 7.19. The molecule has 82 valence electrons. The van der Waals surface area contributed by atoms with Gasteiger partial charge in [0.1, 0.15) is 0 Å². The molecule has 1 aromatic rings. The summed E-state index contributed by atoms with van der Waals surface area (Å²) in [5, 5.41) is 4.59. The zero-order valence-corrected chi connectivity index (χ0v) is 10.7. The molecular formula is C12H18N2S. The van der Waals surface area contributed by atoms with E-state index in [0.717, 1.165) is 23.7 Å². The molecule has 1 rings (SSSR count). The van der Waals surface area contributed by atoms with Crippen LogP contribution in [-0.4, -0.2) is 11.5 Å². The molecule has 1 unspecified atom stereocenters. The molecule has 1 atom stereocenters. The Morgan fingerprint density at radius 2 is 2.20 bits per heavy atom. The van der Waals surface area contributed by atoms with E-state index in [1.807, 2.05) is 6.92 Å². The van der Waals surface area contributed by atoms with Crippen LogP contribution in [0.5, 0.6) is 0 Å². The molecule has 15 heavy (non-hydrogen) atoms. The Morgan fingerprint density at radius 1 is 1.47 bits per heavy atom. The summed E-state index contributed by atoms with van der Waals surface area (Å²) >= 11 is 1.77. The Balaban J connectivity index is 2.85. The third-order valence-electron chi connectivity index (χ3n) is 2.19. The van der Waals surface area contributed by atoms with E-state index in [9.17, 15) is 0 Å². The predicted molar refractivity (Wildman–Crippen MR) is 66.1 cm³/mol. The summed E-state index contributed by atoms with van der Waals surface area (Å²) in [5.74, 6) is 6.08. The van der Waals surface area contributed by atoms with Gasteiger partial charge in [0.2, 0.25) is 0 Å². The van der Waals surface area contributed by atoms with E-state index < -0.39 is 0 Å². The van der Waals surface area contributed by atoms with Gasteiger partial charge in [-0.15, -0.1) is 23.2 Å². The van der Waals surface area contributed by atoms with E-state index in [1.165, 1.54) is 4.88 Å². The van der Waals surface area contributed by atoms with Gasteiger partial charge in [-0.2, -0.15) is 0 Å². The van der Waals surface area contributed by atoms with E-state index >= 15 is 0 Å². The summed E-state index contributed by atoms with van der Waals surface area (Å²) in [7, 11) is 0. The molecule has 2 nitrogen and oxygen atoms in total. The molecular weight excluding hydrogens is 204 g/mol. The number of nitrogens with one attached hydrogen (secondary N) is 1. The van der Waals surface area contributed by atoms with Crippen LogP contribution >= 0.6 is 11.3 Å². The van der Waals surface area contributed by atoms with Crippen molar-refractivity contribution in [1.29, 1.82) is 0 Å². The van der Waals surface area contributed by atoms with Crippen molar-refractivity contribution in [3.8, 4) is 11.8 Å². The standard InChI is InChI=1S/C12H18N2S/c1-5-7-8-11(13-6-2)12-9(3)14-10(4)15-12/h11,13H,6,8H2,1-4H3. The molecule has 0 radical (unpaired) electrons. The highest BCUT2D eigenvalue weighted by atomic mass is 32.1. The Morgan fingerprint density at radius 3 is 2.67 bits per heavy atom. The second kappa shape index (κ2) is 5.89. The molecule has 0 amide bonds. The average Bonchev–Trinajstić information content (AvgIpc) is 2.52. The number of hydrogen-bond acceptors (Lipinski definition) is 3. The molecule has 0 fully saturated rings. The Bertz CT molecular complexity index is 371. The smallest absolute Gasteiger partial charge is 0.0900 e. The van der Waals surface area contributed by atoms with Crippen molar-refractivity contribution in [3.63, 3.8) is 0 Å². The number of aryl methyl sites for hydroxylation is 2. The molecule has 1 N–H and O–H groups in total. The van der Waals surface area contributed by atoms with E-state index in [4.69, 9.17) is 0 Å². The molecule has 0 saturated heterocycles. The van der Waals surface area contributed by atoms with Gasteiger partial charge in [-0.3, -0.25) is 0 Å². The second-order valence-corrected chi connectivity index (χ2v) is 4.66. The van der Waals surface area contributed by atoms with Crippen LogP contribution in [0.25, 0.3) is 0 Å². The first-order valence-electron chi connectivity index (χ1n) is 5.26. The van der Waals surface area contributed by atoms with Gasteiger partial charge in [-0.25, -0.2) is 4.98 Å². The molecule has 0 saturated carbocycles. The van der Waals surface area contributed by atoms with Crippen molar-refractivity contribution >= 4 is 11.3 Å². The van der Waals surface area contributed by atoms with Crippen molar-refractivity contribution < 1.29 is 0 Å². The molecule has 0 aliphatic heterocycles. The summed E-state index contributed by atoms with van der Waals surface area (Å²) in [4.78, 5) is 5.78. The van der Waals surface area contributed by atoms with Gasteiger partial charge in [0.15, 0.2) is 0 Å². The highest BCUT2D eigenvalue weighted by Crippen LogP contribution is 2.26. The fraction of sp³-hybridized carbons (Fsp3) is 0.583. The zero-order valence-electron chi connectivity index (χ0n) is 9.85. The van der Waals surface area contributed by atoms with E-state index in [1.54, 1.807) is 11.3 Å². The summed E-state index contributed by atoms with van der Waals surface area (Å²) < 4.78 is 0. The van der Waals surface area contributed by atoms with E-state index in [-0.39, 0.29) is 0 Å². The minimum atomic E-state index is 0.341. The minimum absolute atomic E-state index is 0.341. The second-order valence-electron chi connectivity index (χ2n) is 3.42. The molecule has 0 spiro atoms. The fourth-order valence-electron chi connectivity index (χ4n) is 1.58. The van der Waals surface area contributed by atoms with Gasteiger partial charge in [0.05, 0.1) is 16.7 Å². The zero-order chi connectivity index (χ0) is 11.3. The number of thiazole rings is 1. The van der Waals surface area contributed by atoms with Crippen molar-refractivity contribution in [2.75, 3.05) is 6.54 Å².